The molecule has 0 radical (unpaired) electrons. The van der Waals surface area contributed by atoms with E-state index >= 15 is 0 Å². The molecule has 19 heavy (non-hydrogen) atoms. The van der Waals surface area contributed by atoms with Crippen LogP contribution < -0.4 is 5.32 Å². The highest BCUT2D eigenvalue weighted by Crippen LogP contribution is 2.18. The molecule has 2 aromatic rings. The van der Waals surface area contributed by atoms with Crippen LogP contribution >= 0.6 is 11.6 Å². The van der Waals surface area contributed by atoms with Gasteiger partial charge in [-0.05, 0) is 26.8 Å². The van der Waals surface area contributed by atoms with Crippen LogP contribution in [0.3, 0.4) is 0 Å². The topological polar surface area (TPSA) is 72.7 Å². The van der Waals surface area contributed by atoms with Crippen molar-refractivity contribution in [2.45, 2.75) is 27.3 Å². The summed E-state index contributed by atoms with van der Waals surface area (Å²) < 4.78 is 1.56. The Labute approximate surface area is 115 Å². The smallest absolute Gasteiger partial charge is 0.248 e. The summed E-state index contributed by atoms with van der Waals surface area (Å²) in [6.07, 6.45) is 1.60. The zero-order valence-electron chi connectivity index (χ0n) is 10.9. The van der Waals surface area contributed by atoms with Crippen molar-refractivity contribution < 1.29 is 4.79 Å². The lowest BCUT2D eigenvalue weighted by molar-refractivity contribution is -0.117. The van der Waals surface area contributed by atoms with E-state index in [2.05, 4.69) is 20.4 Å². The first-order valence-corrected chi connectivity index (χ1v) is 6.14. The highest BCUT2D eigenvalue weighted by molar-refractivity contribution is 6.31. The molecule has 0 spiro atoms. The molecule has 0 atom stereocenters. The molecule has 0 aliphatic carbocycles. The number of hydrogen-bond acceptors (Lipinski definition) is 4. The van der Waals surface area contributed by atoms with Gasteiger partial charge in [0.05, 0.1) is 16.4 Å². The van der Waals surface area contributed by atoms with Gasteiger partial charge in [-0.3, -0.25) is 14.8 Å². The summed E-state index contributed by atoms with van der Waals surface area (Å²) in [4.78, 5) is 19.9. The molecular formula is C12H14ClN5O. The minimum absolute atomic E-state index is 0.0801. The average molecular weight is 280 g/mol. The van der Waals surface area contributed by atoms with Gasteiger partial charge in [0.25, 0.3) is 0 Å². The van der Waals surface area contributed by atoms with E-state index < -0.39 is 0 Å². The zero-order valence-corrected chi connectivity index (χ0v) is 11.7. The first kappa shape index (κ1) is 13.5. The molecule has 0 saturated heterocycles. The SMILES string of the molecule is Cc1ccnc(NC(=O)Cn2nc(C)c(Cl)c2C)n1. The molecule has 0 aromatic carbocycles. The molecule has 0 aliphatic heterocycles. The number of aromatic nitrogens is 4. The molecule has 100 valence electrons. The maximum absolute atomic E-state index is 11.9. The first-order valence-electron chi connectivity index (χ1n) is 5.76. The van der Waals surface area contributed by atoms with Crippen LogP contribution in [0.2, 0.25) is 5.02 Å². The predicted molar refractivity (Wildman–Crippen MR) is 72.1 cm³/mol. The van der Waals surface area contributed by atoms with E-state index in [1.807, 2.05) is 13.8 Å². The molecule has 2 heterocycles. The van der Waals surface area contributed by atoms with E-state index in [9.17, 15) is 4.79 Å². The van der Waals surface area contributed by atoms with Gasteiger partial charge in [-0.25, -0.2) is 9.97 Å². The van der Waals surface area contributed by atoms with Crippen LogP contribution in [0.1, 0.15) is 17.1 Å². The van der Waals surface area contributed by atoms with Gasteiger partial charge in [-0.2, -0.15) is 5.10 Å². The molecular weight excluding hydrogens is 266 g/mol. The average Bonchev–Trinajstić information content (AvgIpc) is 2.57. The molecule has 0 fully saturated rings. The molecule has 0 unspecified atom stereocenters. The summed E-state index contributed by atoms with van der Waals surface area (Å²) in [6, 6.07) is 1.76. The number of nitrogens with zero attached hydrogens (tertiary/aromatic N) is 4. The van der Waals surface area contributed by atoms with Crippen molar-refractivity contribution in [1.82, 2.24) is 19.7 Å². The minimum Gasteiger partial charge on any atom is -0.293 e. The zero-order chi connectivity index (χ0) is 14.0. The highest BCUT2D eigenvalue weighted by atomic mass is 35.5. The third-order valence-electron chi connectivity index (χ3n) is 2.63. The predicted octanol–water partition coefficient (Wildman–Crippen LogP) is 1.89. The van der Waals surface area contributed by atoms with E-state index in [-0.39, 0.29) is 18.4 Å². The van der Waals surface area contributed by atoms with Gasteiger partial charge in [0.2, 0.25) is 11.9 Å². The fraction of sp³-hybridized carbons (Fsp3) is 0.333. The van der Waals surface area contributed by atoms with Crippen LogP contribution in [0.5, 0.6) is 0 Å². The van der Waals surface area contributed by atoms with Crippen LogP contribution in [0.15, 0.2) is 12.3 Å². The Morgan fingerprint density at radius 3 is 2.74 bits per heavy atom. The van der Waals surface area contributed by atoms with Gasteiger partial charge in [0.15, 0.2) is 0 Å². The number of carbonyl (C=O) groups excluding carboxylic acids is 1. The summed E-state index contributed by atoms with van der Waals surface area (Å²) in [5.74, 6) is 0.0468. The largest absolute Gasteiger partial charge is 0.293 e. The van der Waals surface area contributed by atoms with Gasteiger partial charge in [0.1, 0.15) is 6.54 Å². The van der Waals surface area contributed by atoms with Gasteiger partial charge < -0.3 is 0 Å². The number of anilines is 1. The van der Waals surface area contributed by atoms with Crippen LogP contribution in [0, 0.1) is 20.8 Å². The highest BCUT2D eigenvalue weighted by Gasteiger charge is 2.12. The number of nitrogens with one attached hydrogen (secondary N) is 1. The Bertz CT molecular complexity index is 623. The number of amides is 1. The summed E-state index contributed by atoms with van der Waals surface area (Å²) in [5.41, 5.74) is 2.26. The molecule has 0 aliphatic rings. The van der Waals surface area contributed by atoms with Crippen molar-refractivity contribution in [3.05, 3.63) is 34.4 Å². The fourth-order valence-electron chi connectivity index (χ4n) is 1.64. The number of carbonyl (C=O) groups is 1. The minimum atomic E-state index is -0.243. The van der Waals surface area contributed by atoms with E-state index in [4.69, 9.17) is 11.6 Å². The molecule has 6 nitrogen and oxygen atoms in total. The third-order valence-corrected chi connectivity index (χ3v) is 3.18. The second kappa shape index (κ2) is 5.36. The second-order valence-corrected chi connectivity index (χ2v) is 4.59. The molecule has 0 bridgehead atoms. The standard InChI is InChI=1S/C12H14ClN5O/c1-7-4-5-14-12(15-7)16-10(19)6-18-9(3)11(13)8(2)17-18/h4-5H,6H2,1-3H3,(H,14,15,16,19). The number of halogens is 1. The number of rotatable bonds is 3. The maximum Gasteiger partial charge on any atom is 0.248 e. The molecule has 2 rings (SSSR count). The summed E-state index contributed by atoms with van der Waals surface area (Å²) in [5, 5.41) is 7.40. The summed E-state index contributed by atoms with van der Waals surface area (Å²) >= 11 is 6.02. The molecule has 1 N–H and O–H groups in total. The van der Waals surface area contributed by atoms with Crippen molar-refractivity contribution in [2.24, 2.45) is 0 Å². The normalized spacial score (nSPS) is 10.5. The van der Waals surface area contributed by atoms with Gasteiger partial charge in [-0.15, -0.1) is 0 Å². The van der Waals surface area contributed by atoms with Crippen LogP contribution in [-0.2, 0) is 11.3 Å². The molecule has 0 saturated carbocycles. The Morgan fingerprint density at radius 1 is 1.42 bits per heavy atom. The van der Waals surface area contributed by atoms with Crippen molar-refractivity contribution >= 4 is 23.5 Å². The number of aryl methyl sites for hydroxylation is 2. The van der Waals surface area contributed by atoms with Crippen LogP contribution in [-0.4, -0.2) is 25.7 Å². The van der Waals surface area contributed by atoms with Crippen molar-refractivity contribution in [2.75, 3.05) is 5.32 Å². The van der Waals surface area contributed by atoms with Gasteiger partial charge in [-0.1, -0.05) is 11.6 Å². The lowest BCUT2D eigenvalue weighted by Crippen LogP contribution is -2.21. The van der Waals surface area contributed by atoms with E-state index in [1.165, 1.54) is 0 Å². The summed E-state index contributed by atoms with van der Waals surface area (Å²) in [7, 11) is 0. The molecule has 2 aromatic heterocycles. The van der Waals surface area contributed by atoms with Gasteiger partial charge in [0, 0.05) is 11.9 Å². The van der Waals surface area contributed by atoms with E-state index in [0.29, 0.717) is 10.7 Å². The van der Waals surface area contributed by atoms with Crippen LogP contribution in [0.25, 0.3) is 0 Å². The maximum atomic E-state index is 11.9. The second-order valence-electron chi connectivity index (χ2n) is 4.21. The van der Waals surface area contributed by atoms with Crippen LogP contribution in [0.4, 0.5) is 5.95 Å². The Hall–Kier alpha value is -1.95. The Kier molecular flexibility index (Phi) is 3.80. The lowest BCUT2D eigenvalue weighted by atomic mass is 10.4. The third kappa shape index (κ3) is 3.08. The monoisotopic (exact) mass is 279 g/mol. The molecule has 1 amide bonds. The van der Waals surface area contributed by atoms with Crippen molar-refractivity contribution in [1.29, 1.82) is 0 Å². The number of hydrogen-bond donors (Lipinski definition) is 1. The fourth-order valence-corrected chi connectivity index (χ4v) is 1.77. The first-order chi connectivity index (χ1) is 8.97. The Morgan fingerprint density at radius 2 is 2.16 bits per heavy atom. The lowest BCUT2D eigenvalue weighted by Gasteiger charge is -2.05. The Balaban J connectivity index is 2.07. The van der Waals surface area contributed by atoms with E-state index in [1.54, 1.807) is 23.9 Å². The van der Waals surface area contributed by atoms with Crippen molar-refractivity contribution in [3.8, 4) is 0 Å². The quantitative estimate of drug-likeness (QED) is 0.931. The molecule has 7 heteroatoms. The van der Waals surface area contributed by atoms with E-state index in [0.717, 1.165) is 11.4 Å². The summed E-state index contributed by atoms with van der Waals surface area (Å²) in [6.45, 7) is 5.53. The van der Waals surface area contributed by atoms with Crippen molar-refractivity contribution in [3.63, 3.8) is 0 Å². The van der Waals surface area contributed by atoms with Gasteiger partial charge >= 0.3 is 0 Å².